The number of nitrogens with one attached hydrogen (secondary N) is 1. The number of primary amides is 1. The molecule has 2 aromatic rings. The molecule has 2 amide bonds. The van der Waals surface area contributed by atoms with Crippen LogP contribution >= 0.6 is 0 Å². The maximum atomic E-state index is 12.7. The van der Waals surface area contributed by atoms with Crippen LogP contribution in [0.5, 0.6) is 0 Å². The highest BCUT2D eigenvalue weighted by Gasteiger charge is 2.43. The van der Waals surface area contributed by atoms with E-state index in [-0.39, 0.29) is 18.4 Å². The van der Waals surface area contributed by atoms with Crippen LogP contribution in [0.1, 0.15) is 44.2 Å². The van der Waals surface area contributed by atoms with E-state index in [1.165, 1.54) is 31.4 Å². The standard InChI is InChI=1S/C25H33N5O2/c26-24(32)25(22-8-3-4-14-27-22)13-7-15-29(19-25)18-23(31)28-20-9-11-21(12-10-20)30-16-5-1-2-6-17-30/h3-4,8-12,14H,1-2,5-7,13,15-19H2,(H2,26,32)(H,28,31)/t25-/m1/s1. The van der Waals surface area contributed by atoms with Gasteiger partial charge in [-0.05, 0) is 68.6 Å². The Balaban J connectivity index is 1.37. The second-order valence-corrected chi connectivity index (χ2v) is 8.97. The quantitative estimate of drug-likeness (QED) is 0.728. The number of carbonyl (C=O) groups excluding carboxylic acids is 2. The number of carbonyl (C=O) groups is 2. The van der Waals surface area contributed by atoms with E-state index in [0.717, 1.165) is 31.7 Å². The van der Waals surface area contributed by atoms with E-state index in [1.807, 2.05) is 35.2 Å². The zero-order chi connectivity index (χ0) is 22.4. The maximum absolute atomic E-state index is 12.7. The highest BCUT2D eigenvalue weighted by Crippen LogP contribution is 2.32. The van der Waals surface area contributed by atoms with Gasteiger partial charge in [0, 0.05) is 37.2 Å². The van der Waals surface area contributed by atoms with Crippen LogP contribution in [-0.4, -0.2) is 54.4 Å². The second-order valence-electron chi connectivity index (χ2n) is 8.97. The molecule has 2 aliphatic rings. The Morgan fingerprint density at radius 3 is 2.38 bits per heavy atom. The Labute approximate surface area is 190 Å². The van der Waals surface area contributed by atoms with Crippen LogP contribution in [-0.2, 0) is 15.0 Å². The predicted octanol–water partition coefficient (Wildman–Crippen LogP) is 2.92. The maximum Gasteiger partial charge on any atom is 0.238 e. The van der Waals surface area contributed by atoms with Gasteiger partial charge in [0.25, 0.3) is 0 Å². The predicted molar refractivity (Wildman–Crippen MR) is 127 cm³/mol. The van der Waals surface area contributed by atoms with Crippen molar-refractivity contribution in [3.8, 4) is 0 Å². The first-order valence-corrected chi connectivity index (χ1v) is 11.7. The van der Waals surface area contributed by atoms with Crippen molar-refractivity contribution in [3.63, 3.8) is 0 Å². The van der Waals surface area contributed by atoms with Gasteiger partial charge in [-0.1, -0.05) is 18.9 Å². The molecule has 0 bridgehead atoms. The molecule has 0 unspecified atom stereocenters. The van der Waals surface area contributed by atoms with Crippen molar-refractivity contribution in [2.24, 2.45) is 5.73 Å². The molecule has 4 rings (SSSR count). The number of pyridine rings is 1. The molecule has 2 fully saturated rings. The third kappa shape index (κ3) is 5.10. The molecule has 1 aromatic heterocycles. The molecular formula is C25H33N5O2. The Morgan fingerprint density at radius 2 is 1.72 bits per heavy atom. The normalized spacial score (nSPS) is 22.2. The monoisotopic (exact) mass is 435 g/mol. The van der Waals surface area contributed by atoms with Gasteiger partial charge >= 0.3 is 0 Å². The minimum atomic E-state index is -0.853. The van der Waals surface area contributed by atoms with Crippen LogP contribution in [0.15, 0.2) is 48.7 Å². The summed E-state index contributed by atoms with van der Waals surface area (Å²) in [5.74, 6) is -0.473. The summed E-state index contributed by atoms with van der Waals surface area (Å²) in [6.45, 7) is 3.57. The lowest BCUT2D eigenvalue weighted by molar-refractivity contribution is -0.127. The fourth-order valence-corrected chi connectivity index (χ4v) is 4.95. The van der Waals surface area contributed by atoms with Gasteiger partial charge in [0.2, 0.25) is 11.8 Å². The summed E-state index contributed by atoms with van der Waals surface area (Å²) in [4.78, 5) is 34.0. The van der Waals surface area contributed by atoms with E-state index in [4.69, 9.17) is 5.73 Å². The number of anilines is 2. The number of likely N-dealkylation sites (tertiary alicyclic amines) is 1. The number of benzene rings is 1. The molecule has 1 aromatic carbocycles. The van der Waals surface area contributed by atoms with E-state index < -0.39 is 5.41 Å². The van der Waals surface area contributed by atoms with Crippen LogP contribution in [0.25, 0.3) is 0 Å². The number of piperidine rings is 1. The number of nitrogens with zero attached hydrogens (tertiary/aromatic N) is 3. The van der Waals surface area contributed by atoms with E-state index >= 15 is 0 Å². The number of hydrogen-bond acceptors (Lipinski definition) is 5. The molecule has 0 aliphatic carbocycles. The molecule has 2 saturated heterocycles. The average molecular weight is 436 g/mol. The smallest absolute Gasteiger partial charge is 0.238 e. The first-order chi connectivity index (χ1) is 15.6. The molecule has 170 valence electrons. The van der Waals surface area contributed by atoms with Gasteiger partial charge in [-0.15, -0.1) is 0 Å². The Bertz CT molecular complexity index is 910. The Hall–Kier alpha value is -2.93. The lowest BCUT2D eigenvalue weighted by Crippen LogP contribution is -2.55. The van der Waals surface area contributed by atoms with Crippen LogP contribution in [0.2, 0.25) is 0 Å². The third-order valence-corrected chi connectivity index (χ3v) is 6.69. The van der Waals surface area contributed by atoms with Crippen molar-refractivity contribution in [2.45, 2.75) is 43.9 Å². The van der Waals surface area contributed by atoms with Crippen molar-refractivity contribution in [1.29, 1.82) is 0 Å². The largest absolute Gasteiger partial charge is 0.372 e. The summed E-state index contributed by atoms with van der Waals surface area (Å²) >= 11 is 0. The van der Waals surface area contributed by atoms with E-state index in [0.29, 0.717) is 18.7 Å². The van der Waals surface area contributed by atoms with Crippen LogP contribution in [0.3, 0.4) is 0 Å². The minimum Gasteiger partial charge on any atom is -0.372 e. The molecule has 32 heavy (non-hydrogen) atoms. The van der Waals surface area contributed by atoms with Crippen LogP contribution in [0.4, 0.5) is 11.4 Å². The van der Waals surface area contributed by atoms with Crippen molar-refractivity contribution in [2.75, 3.05) is 42.9 Å². The van der Waals surface area contributed by atoms with Crippen molar-refractivity contribution in [1.82, 2.24) is 9.88 Å². The van der Waals surface area contributed by atoms with Gasteiger partial charge in [-0.2, -0.15) is 0 Å². The molecule has 7 heteroatoms. The number of hydrogen-bond donors (Lipinski definition) is 2. The van der Waals surface area contributed by atoms with Gasteiger partial charge in [-0.3, -0.25) is 19.5 Å². The fourth-order valence-electron chi connectivity index (χ4n) is 4.95. The highest BCUT2D eigenvalue weighted by molar-refractivity contribution is 5.92. The summed E-state index contributed by atoms with van der Waals surface area (Å²) in [6.07, 6.45) is 8.20. The summed E-state index contributed by atoms with van der Waals surface area (Å²) in [6, 6.07) is 13.6. The van der Waals surface area contributed by atoms with E-state index in [9.17, 15) is 9.59 Å². The zero-order valence-electron chi connectivity index (χ0n) is 18.6. The van der Waals surface area contributed by atoms with Gasteiger partial charge in [0.1, 0.15) is 5.41 Å². The van der Waals surface area contributed by atoms with Crippen molar-refractivity contribution in [3.05, 3.63) is 54.4 Å². The molecule has 0 spiro atoms. The highest BCUT2D eigenvalue weighted by atomic mass is 16.2. The van der Waals surface area contributed by atoms with E-state index in [1.54, 1.807) is 6.20 Å². The SMILES string of the molecule is NC(=O)[C@]1(c2ccccn2)CCCN(CC(=O)Nc2ccc(N3CCCCCC3)cc2)C1. The van der Waals surface area contributed by atoms with E-state index in [2.05, 4.69) is 27.3 Å². The summed E-state index contributed by atoms with van der Waals surface area (Å²) in [5, 5.41) is 3.00. The topological polar surface area (TPSA) is 91.6 Å². The Kier molecular flexibility index (Phi) is 7.05. The van der Waals surface area contributed by atoms with Crippen LogP contribution in [0, 0.1) is 0 Å². The number of amides is 2. The molecule has 3 N–H and O–H groups in total. The molecule has 1 atom stereocenters. The van der Waals surface area contributed by atoms with Crippen molar-refractivity contribution < 1.29 is 9.59 Å². The summed E-state index contributed by atoms with van der Waals surface area (Å²) in [7, 11) is 0. The molecule has 0 saturated carbocycles. The molecule has 0 radical (unpaired) electrons. The fraction of sp³-hybridized carbons (Fsp3) is 0.480. The van der Waals surface area contributed by atoms with Gasteiger partial charge in [0.15, 0.2) is 0 Å². The summed E-state index contributed by atoms with van der Waals surface area (Å²) in [5.41, 5.74) is 7.65. The van der Waals surface area contributed by atoms with Gasteiger partial charge in [0.05, 0.1) is 12.2 Å². The van der Waals surface area contributed by atoms with Crippen LogP contribution < -0.4 is 16.0 Å². The molecule has 3 heterocycles. The molecule has 7 nitrogen and oxygen atoms in total. The van der Waals surface area contributed by atoms with Gasteiger partial charge < -0.3 is 16.0 Å². The molecular weight excluding hydrogens is 402 g/mol. The third-order valence-electron chi connectivity index (χ3n) is 6.69. The van der Waals surface area contributed by atoms with Crippen molar-refractivity contribution >= 4 is 23.2 Å². The number of aromatic nitrogens is 1. The Morgan fingerprint density at radius 1 is 0.969 bits per heavy atom. The number of nitrogens with two attached hydrogens (primary N) is 1. The summed E-state index contributed by atoms with van der Waals surface area (Å²) < 4.78 is 0. The number of rotatable bonds is 6. The minimum absolute atomic E-state index is 0.0891. The van der Waals surface area contributed by atoms with Gasteiger partial charge in [-0.25, -0.2) is 0 Å². The lowest BCUT2D eigenvalue weighted by atomic mass is 9.76. The molecule has 2 aliphatic heterocycles. The first-order valence-electron chi connectivity index (χ1n) is 11.7. The first kappa shape index (κ1) is 22.3. The average Bonchev–Trinajstić information content (AvgIpc) is 3.10. The zero-order valence-corrected chi connectivity index (χ0v) is 18.6. The lowest BCUT2D eigenvalue weighted by Gasteiger charge is -2.40. The second kappa shape index (κ2) is 10.1.